The second-order valence-electron chi connectivity index (χ2n) is 10.2. The maximum absolute atomic E-state index is 6.26. The molecule has 4 heteroatoms. The first-order valence-electron chi connectivity index (χ1n) is 11.8. The lowest BCUT2D eigenvalue weighted by Gasteiger charge is -2.59. The molecule has 4 aliphatic rings. The number of para-hydroxylation sites is 1. The largest absolute Gasteiger partial charge is 0.493 e. The summed E-state index contributed by atoms with van der Waals surface area (Å²) >= 11 is 6.02. The monoisotopic (exact) mass is 439 g/mol. The minimum Gasteiger partial charge on any atom is -0.493 e. The Balaban J connectivity index is 1.28. The van der Waals surface area contributed by atoms with E-state index in [0.29, 0.717) is 18.1 Å². The van der Waals surface area contributed by atoms with Gasteiger partial charge in [0.15, 0.2) is 11.5 Å². The summed E-state index contributed by atoms with van der Waals surface area (Å²) in [5, 5.41) is 4.64. The highest BCUT2D eigenvalue weighted by molar-refractivity contribution is 6.30. The highest BCUT2D eigenvalue weighted by atomic mass is 35.5. The molecule has 4 aliphatic carbocycles. The number of hydrogen-bond acceptors (Lipinski definition) is 3. The summed E-state index contributed by atoms with van der Waals surface area (Å²) in [5.74, 6) is 4.56. The van der Waals surface area contributed by atoms with E-state index in [1.54, 1.807) is 7.11 Å². The van der Waals surface area contributed by atoms with Crippen LogP contribution in [-0.2, 0) is 13.2 Å². The van der Waals surface area contributed by atoms with Crippen LogP contribution in [0, 0.1) is 23.2 Å². The third kappa shape index (κ3) is 4.32. The smallest absolute Gasteiger partial charge is 0.166 e. The van der Waals surface area contributed by atoms with Crippen LogP contribution in [0.1, 0.15) is 56.6 Å². The summed E-state index contributed by atoms with van der Waals surface area (Å²) in [6.07, 6.45) is 8.74. The normalized spacial score (nSPS) is 29.7. The third-order valence-corrected chi connectivity index (χ3v) is 8.43. The first-order chi connectivity index (χ1) is 15.0. The Morgan fingerprint density at radius 1 is 1.00 bits per heavy atom. The molecule has 0 aliphatic heterocycles. The van der Waals surface area contributed by atoms with Crippen LogP contribution in [0.25, 0.3) is 0 Å². The number of ether oxygens (including phenoxy) is 2. The van der Waals surface area contributed by atoms with Crippen LogP contribution in [0.2, 0.25) is 5.02 Å². The van der Waals surface area contributed by atoms with Crippen LogP contribution >= 0.6 is 11.6 Å². The Labute approximate surface area is 191 Å². The zero-order valence-electron chi connectivity index (χ0n) is 18.7. The number of halogens is 1. The van der Waals surface area contributed by atoms with E-state index in [0.717, 1.165) is 51.9 Å². The van der Waals surface area contributed by atoms with Gasteiger partial charge in [-0.05, 0) is 92.4 Å². The van der Waals surface area contributed by atoms with E-state index in [1.807, 2.05) is 30.3 Å². The van der Waals surface area contributed by atoms with Crippen LogP contribution in [0.3, 0.4) is 0 Å². The SMILES string of the molecule is COc1cccc(CNC(C)C23CC4CC(CC(C4)C2)C3)c1OCc1ccc(Cl)cc1. The maximum atomic E-state index is 6.26. The van der Waals surface area contributed by atoms with E-state index < -0.39 is 0 Å². The first kappa shape index (κ1) is 21.2. The molecular weight excluding hydrogens is 406 g/mol. The average molecular weight is 440 g/mol. The summed E-state index contributed by atoms with van der Waals surface area (Å²) in [5.41, 5.74) is 2.75. The molecule has 4 fully saturated rings. The van der Waals surface area contributed by atoms with Gasteiger partial charge < -0.3 is 14.8 Å². The molecule has 0 saturated heterocycles. The number of nitrogens with one attached hydrogen (secondary N) is 1. The van der Waals surface area contributed by atoms with Gasteiger partial charge in [0.05, 0.1) is 7.11 Å². The fraction of sp³-hybridized carbons (Fsp3) is 0.556. The van der Waals surface area contributed by atoms with E-state index in [2.05, 4.69) is 24.4 Å². The Kier molecular flexibility index (Phi) is 5.92. The lowest BCUT2D eigenvalue weighted by molar-refractivity contribution is -0.0706. The van der Waals surface area contributed by atoms with Gasteiger partial charge in [0, 0.05) is 23.2 Å². The van der Waals surface area contributed by atoms with Crippen molar-refractivity contribution in [3.8, 4) is 11.5 Å². The van der Waals surface area contributed by atoms with Gasteiger partial charge in [-0.25, -0.2) is 0 Å². The Morgan fingerprint density at radius 2 is 1.65 bits per heavy atom. The molecule has 1 unspecified atom stereocenters. The summed E-state index contributed by atoms with van der Waals surface area (Å²) in [6, 6.07) is 14.5. The maximum Gasteiger partial charge on any atom is 0.166 e. The number of rotatable bonds is 8. The molecule has 1 atom stereocenters. The van der Waals surface area contributed by atoms with Crippen molar-refractivity contribution >= 4 is 11.6 Å². The predicted octanol–water partition coefficient (Wildman–Crippen LogP) is 6.62. The van der Waals surface area contributed by atoms with Gasteiger partial charge in [-0.2, -0.15) is 0 Å². The minimum atomic E-state index is 0.495. The van der Waals surface area contributed by atoms with Crippen LogP contribution in [0.15, 0.2) is 42.5 Å². The lowest BCUT2D eigenvalue weighted by Crippen LogP contribution is -2.54. The van der Waals surface area contributed by atoms with Crippen molar-refractivity contribution in [1.82, 2.24) is 5.32 Å². The van der Waals surface area contributed by atoms with Crippen molar-refractivity contribution in [2.24, 2.45) is 23.2 Å². The topological polar surface area (TPSA) is 30.5 Å². The second kappa shape index (κ2) is 8.67. The number of hydrogen-bond donors (Lipinski definition) is 1. The molecule has 2 aromatic carbocycles. The molecule has 0 spiro atoms. The summed E-state index contributed by atoms with van der Waals surface area (Å²) in [6.45, 7) is 3.71. The quantitative estimate of drug-likeness (QED) is 0.501. The summed E-state index contributed by atoms with van der Waals surface area (Å²) < 4.78 is 11.9. The molecule has 31 heavy (non-hydrogen) atoms. The predicted molar refractivity (Wildman–Crippen MR) is 126 cm³/mol. The second-order valence-corrected chi connectivity index (χ2v) is 10.7. The standard InChI is InChI=1S/C27H34ClNO2/c1-18(27-13-20-10-21(14-27)12-22(11-20)15-27)29-16-23-4-3-5-25(30-2)26(23)31-17-19-6-8-24(28)9-7-19/h3-9,18,20-22,29H,10-17H2,1-2H3. The highest BCUT2D eigenvalue weighted by Crippen LogP contribution is 2.61. The molecule has 4 bridgehead atoms. The van der Waals surface area contributed by atoms with Gasteiger partial charge in [0.2, 0.25) is 0 Å². The molecular formula is C27H34ClNO2. The Hall–Kier alpha value is -1.71. The van der Waals surface area contributed by atoms with Gasteiger partial charge in [-0.15, -0.1) is 0 Å². The molecule has 4 saturated carbocycles. The molecule has 1 N–H and O–H groups in total. The van der Waals surface area contributed by atoms with E-state index in [9.17, 15) is 0 Å². The van der Waals surface area contributed by atoms with E-state index in [4.69, 9.17) is 21.1 Å². The van der Waals surface area contributed by atoms with Crippen molar-refractivity contribution < 1.29 is 9.47 Å². The zero-order valence-corrected chi connectivity index (χ0v) is 19.5. The third-order valence-electron chi connectivity index (χ3n) is 8.18. The lowest BCUT2D eigenvalue weighted by atomic mass is 9.48. The van der Waals surface area contributed by atoms with Gasteiger partial charge in [0.25, 0.3) is 0 Å². The van der Waals surface area contributed by atoms with Crippen molar-refractivity contribution in [3.63, 3.8) is 0 Å². The zero-order chi connectivity index (χ0) is 21.4. The van der Waals surface area contributed by atoms with E-state index in [-0.39, 0.29) is 0 Å². The van der Waals surface area contributed by atoms with Crippen molar-refractivity contribution in [2.45, 2.75) is 64.6 Å². The number of benzene rings is 2. The fourth-order valence-electron chi connectivity index (χ4n) is 6.95. The summed E-state index contributed by atoms with van der Waals surface area (Å²) in [4.78, 5) is 0. The highest BCUT2D eigenvalue weighted by Gasteiger charge is 2.52. The molecule has 0 amide bonds. The van der Waals surface area contributed by atoms with Crippen molar-refractivity contribution in [2.75, 3.05) is 7.11 Å². The Bertz CT molecular complexity index is 875. The molecule has 0 heterocycles. The fourth-order valence-corrected chi connectivity index (χ4v) is 7.07. The molecule has 3 nitrogen and oxygen atoms in total. The van der Waals surface area contributed by atoms with E-state index in [1.165, 1.54) is 38.5 Å². The molecule has 166 valence electrons. The van der Waals surface area contributed by atoms with Crippen LogP contribution < -0.4 is 14.8 Å². The van der Waals surface area contributed by atoms with E-state index >= 15 is 0 Å². The molecule has 6 rings (SSSR count). The Morgan fingerprint density at radius 3 is 2.26 bits per heavy atom. The minimum absolute atomic E-state index is 0.495. The van der Waals surface area contributed by atoms with Crippen LogP contribution in [-0.4, -0.2) is 13.2 Å². The number of methoxy groups -OCH3 is 1. The van der Waals surface area contributed by atoms with Crippen molar-refractivity contribution in [1.29, 1.82) is 0 Å². The average Bonchev–Trinajstić information content (AvgIpc) is 2.76. The van der Waals surface area contributed by atoms with Crippen LogP contribution in [0.4, 0.5) is 0 Å². The van der Waals surface area contributed by atoms with Crippen LogP contribution in [0.5, 0.6) is 11.5 Å². The van der Waals surface area contributed by atoms with Crippen molar-refractivity contribution in [3.05, 3.63) is 58.6 Å². The molecule has 0 aromatic heterocycles. The first-order valence-corrected chi connectivity index (χ1v) is 12.2. The van der Waals surface area contributed by atoms with Gasteiger partial charge in [0.1, 0.15) is 6.61 Å². The molecule has 2 aromatic rings. The summed E-state index contributed by atoms with van der Waals surface area (Å²) in [7, 11) is 1.71. The van der Waals surface area contributed by atoms with Gasteiger partial charge in [-0.1, -0.05) is 35.9 Å². The van der Waals surface area contributed by atoms with Gasteiger partial charge >= 0.3 is 0 Å². The molecule has 0 radical (unpaired) electrons. The van der Waals surface area contributed by atoms with Gasteiger partial charge in [-0.3, -0.25) is 0 Å².